The van der Waals surface area contributed by atoms with Crippen LogP contribution in [-0.4, -0.2) is 25.7 Å². The van der Waals surface area contributed by atoms with Gasteiger partial charge in [-0.25, -0.2) is 4.79 Å². The van der Waals surface area contributed by atoms with Crippen molar-refractivity contribution in [3.8, 4) is 0 Å². The molecule has 1 aromatic heterocycles. The molecule has 0 aliphatic heterocycles. The van der Waals surface area contributed by atoms with Gasteiger partial charge in [-0.15, -0.1) is 0 Å². The second kappa shape index (κ2) is 4.49. The Morgan fingerprint density at radius 2 is 2.20 bits per heavy atom. The van der Waals surface area contributed by atoms with Gasteiger partial charge >= 0.3 is 5.97 Å². The predicted octanol–water partition coefficient (Wildman–Crippen LogP) is 1.61. The van der Waals surface area contributed by atoms with Crippen molar-refractivity contribution in [3.05, 3.63) is 23.7 Å². The molecule has 0 aliphatic rings. The summed E-state index contributed by atoms with van der Waals surface area (Å²) in [5.74, 6) is 0.581. The normalized spacial score (nSPS) is 11.5. The van der Waals surface area contributed by atoms with Gasteiger partial charge in [0, 0.05) is 12.0 Å². The van der Waals surface area contributed by atoms with E-state index >= 15 is 0 Å². The van der Waals surface area contributed by atoms with Crippen LogP contribution in [0, 0.1) is 0 Å². The summed E-state index contributed by atoms with van der Waals surface area (Å²) in [6.07, 6.45) is 0.723. The summed E-state index contributed by atoms with van der Waals surface area (Å²) in [4.78, 5) is 11.1. The maximum absolute atomic E-state index is 11.1. The third kappa shape index (κ3) is 3.09. The number of furan rings is 1. The van der Waals surface area contributed by atoms with Crippen LogP contribution < -0.4 is 5.32 Å². The van der Waals surface area contributed by atoms with E-state index in [0.717, 1.165) is 12.2 Å². The monoisotopic (exact) mass is 211 g/mol. The van der Waals surface area contributed by atoms with Gasteiger partial charge < -0.3 is 14.5 Å². The first-order chi connectivity index (χ1) is 6.98. The van der Waals surface area contributed by atoms with Crippen molar-refractivity contribution in [2.75, 3.05) is 14.2 Å². The van der Waals surface area contributed by atoms with Gasteiger partial charge in [-0.2, -0.15) is 0 Å². The molecule has 1 aromatic rings. The molecule has 0 aromatic carbocycles. The molecule has 0 radical (unpaired) electrons. The highest BCUT2D eigenvalue weighted by molar-refractivity contribution is 5.86. The summed E-state index contributed by atoms with van der Waals surface area (Å²) >= 11 is 0. The van der Waals surface area contributed by atoms with Gasteiger partial charge in [0.05, 0.1) is 7.11 Å². The summed E-state index contributed by atoms with van der Waals surface area (Å²) in [6.45, 7) is 4.13. The van der Waals surface area contributed by atoms with Crippen LogP contribution in [0.2, 0.25) is 0 Å². The number of likely N-dealkylation sites (N-methyl/N-ethyl adjacent to an activating group) is 1. The molecule has 0 spiro atoms. The maximum atomic E-state index is 11.1. The Morgan fingerprint density at radius 3 is 2.73 bits per heavy atom. The Labute approximate surface area is 89.6 Å². The quantitative estimate of drug-likeness (QED) is 0.769. The standard InChI is InChI=1S/C11H17NO3/c1-11(2,12-3)7-8-5-6-9(15-8)10(13)14-4/h5-6,12H,7H2,1-4H3. The lowest BCUT2D eigenvalue weighted by atomic mass is 10.00. The molecule has 0 saturated heterocycles. The van der Waals surface area contributed by atoms with E-state index in [1.807, 2.05) is 7.05 Å². The van der Waals surface area contributed by atoms with Crippen LogP contribution in [0.3, 0.4) is 0 Å². The van der Waals surface area contributed by atoms with E-state index in [1.54, 1.807) is 12.1 Å². The molecular weight excluding hydrogens is 194 g/mol. The SMILES string of the molecule is CNC(C)(C)Cc1ccc(C(=O)OC)o1. The van der Waals surface area contributed by atoms with Crippen LogP contribution in [0.4, 0.5) is 0 Å². The highest BCUT2D eigenvalue weighted by Crippen LogP contribution is 2.15. The molecule has 0 unspecified atom stereocenters. The van der Waals surface area contributed by atoms with E-state index in [1.165, 1.54) is 7.11 Å². The first-order valence-corrected chi connectivity index (χ1v) is 4.84. The number of methoxy groups -OCH3 is 1. The van der Waals surface area contributed by atoms with Crippen LogP contribution in [-0.2, 0) is 11.2 Å². The van der Waals surface area contributed by atoms with Crippen molar-refractivity contribution in [2.45, 2.75) is 25.8 Å². The van der Waals surface area contributed by atoms with Crippen molar-refractivity contribution in [2.24, 2.45) is 0 Å². The van der Waals surface area contributed by atoms with Gasteiger partial charge in [-0.05, 0) is 33.0 Å². The zero-order chi connectivity index (χ0) is 11.5. The van der Waals surface area contributed by atoms with E-state index in [0.29, 0.717) is 0 Å². The topological polar surface area (TPSA) is 51.5 Å². The average molecular weight is 211 g/mol. The molecule has 0 amide bonds. The summed E-state index contributed by atoms with van der Waals surface area (Å²) in [6, 6.07) is 3.43. The van der Waals surface area contributed by atoms with E-state index < -0.39 is 5.97 Å². The molecule has 0 atom stereocenters. The number of carbonyl (C=O) groups excluding carboxylic acids is 1. The fraction of sp³-hybridized carbons (Fsp3) is 0.545. The zero-order valence-electron chi connectivity index (χ0n) is 9.59. The van der Waals surface area contributed by atoms with Crippen LogP contribution in [0.5, 0.6) is 0 Å². The van der Waals surface area contributed by atoms with Gasteiger partial charge in [0.2, 0.25) is 5.76 Å². The Bertz CT molecular complexity index is 341. The summed E-state index contributed by atoms with van der Waals surface area (Å²) in [5, 5.41) is 3.17. The van der Waals surface area contributed by atoms with Crippen molar-refractivity contribution in [3.63, 3.8) is 0 Å². The van der Waals surface area contributed by atoms with Gasteiger partial charge in [0.1, 0.15) is 5.76 Å². The fourth-order valence-electron chi connectivity index (χ4n) is 1.21. The van der Waals surface area contributed by atoms with Crippen LogP contribution >= 0.6 is 0 Å². The van der Waals surface area contributed by atoms with Crippen LogP contribution in [0.15, 0.2) is 16.5 Å². The van der Waals surface area contributed by atoms with Crippen molar-refractivity contribution in [1.29, 1.82) is 0 Å². The van der Waals surface area contributed by atoms with Gasteiger partial charge in [0.25, 0.3) is 0 Å². The van der Waals surface area contributed by atoms with Gasteiger partial charge in [-0.1, -0.05) is 0 Å². The van der Waals surface area contributed by atoms with Crippen LogP contribution in [0.25, 0.3) is 0 Å². The molecule has 0 aliphatic carbocycles. The Hall–Kier alpha value is -1.29. The molecule has 15 heavy (non-hydrogen) atoms. The number of esters is 1. The predicted molar refractivity (Wildman–Crippen MR) is 56.9 cm³/mol. The third-order valence-corrected chi connectivity index (χ3v) is 2.34. The molecule has 1 rings (SSSR count). The van der Waals surface area contributed by atoms with Gasteiger partial charge in [-0.3, -0.25) is 0 Å². The van der Waals surface area contributed by atoms with Crippen molar-refractivity contribution < 1.29 is 13.9 Å². The number of nitrogens with one attached hydrogen (secondary N) is 1. The molecule has 0 saturated carbocycles. The number of rotatable bonds is 4. The number of carbonyl (C=O) groups is 1. The molecule has 4 heteroatoms. The highest BCUT2D eigenvalue weighted by atomic mass is 16.5. The second-order valence-corrected chi connectivity index (χ2v) is 4.07. The number of hydrogen-bond donors (Lipinski definition) is 1. The Kier molecular flexibility index (Phi) is 3.52. The Morgan fingerprint density at radius 1 is 1.53 bits per heavy atom. The lowest BCUT2D eigenvalue weighted by Crippen LogP contribution is -2.38. The lowest BCUT2D eigenvalue weighted by molar-refractivity contribution is 0.0562. The summed E-state index contributed by atoms with van der Waals surface area (Å²) in [7, 11) is 3.23. The molecule has 0 bridgehead atoms. The lowest BCUT2D eigenvalue weighted by Gasteiger charge is -2.22. The smallest absolute Gasteiger partial charge is 0.373 e. The molecule has 84 valence electrons. The Balaban J connectivity index is 2.73. The number of ether oxygens (including phenoxy) is 1. The molecule has 1 N–H and O–H groups in total. The minimum Gasteiger partial charge on any atom is -0.463 e. The van der Waals surface area contributed by atoms with Crippen molar-refractivity contribution >= 4 is 5.97 Å². The average Bonchev–Trinajstić information content (AvgIpc) is 2.64. The highest BCUT2D eigenvalue weighted by Gasteiger charge is 2.19. The first kappa shape index (κ1) is 11.8. The molecular formula is C11H17NO3. The van der Waals surface area contributed by atoms with E-state index in [-0.39, 0.29) is 11.3 Å². The van der Waals surface area contributed by atoms with Crippen molar-refractivity contribution in [1.82, 2.24) is 5.32 Å². The molecule has 4 nitrogen and oxygen atoms in total. The maximum Gasteiger partial charge on any atom is 0.373 e. The fourth-order valence-corrected chi connectivity index (χ4v) is 1.21. The minimum atomic E-state index is -0.441. The summed E-state index contributed by atoms with van der Waals surface area (Å²) in [5.41, 5.74) is -0.0504. The largest absolute Gasteiger partial charge is 0.463 e. The minimum absolute atomic E-state index is 0.0504. The van der Waals surface area contributed by atoms with Crippen LogP contribution in [0.1, 0.15) is 30.2 Å². The molecule has 0 fully saturated rings. The van der Waals surface area contributed by atoms with E-state index in [9.17, 15) is 4.79 Å². The third-order valence-electron chi connectivity index (χ3n) is 2.34. The summed E-state index contributed by atoms with van der Waals surface area (Å²) < 4.78 is 9.92. The van der Waals surface area contributed by atoms with E-state index in [4.69, 9.17) is 4.42 Å². The van der Waals surface area contributed by atoms with Gasteiger partial charge in [0.15, 0.2) is 0 Å². The van der Waals surface area contributed by atoms with E-state index in [2.05, 4.69) is 23.9 Å². The first-order valence-electron chi connectivity index (χ1n) is 4.84. The second-order valence-electron chi connectivity index (χ2n) is 4.07. The zero-order valence-corrected chi connectivity index (χ0v) is 9.59. The number of hydrogen-bond acceptors (Lipinski definition) is 4. The molecule has 1 heterocycles.